The summed E-state index contributed by atoms with van der Waals surface area (Å²) in [5, 5.41) is 0. The molecule has 1 rings (SSSR count). The molecule has 11 heavy (non-hydrogen) atoms. The first-order valence-corrected chi connectivity index (χ1v) is 4.99. The quantitative estimate of drug-likeness (QED) is 0.539. The Bertz CT molecular complexity index is 115. The second kappa shape index (κ2) is 4.33. The predicted molar refractivity (Wildman–Crippen MR) is 51.8 cm³/mol. The molecule has 2 nitrogen and oxygen atoms in total. The molecule has 0 saturated heterocycles. The van der Waals surface area contributed by atoms with Gasteiger partial charge in [0.15, 0.2) is 0 Å². The summed E-state index contributed by atoms with van der Waals surface area (Å²) in [7, 11) is 0. The van der Waals surface area contributed by atoms with Crippen LogP contribution in [-0.2, 0) is 0 Å². The Balaban J connectivity index is 2.00. The third-order valence-corrected chi connectivity index (χ3v) is 2.80. The van der Waals surface area contributed by atoms with Gasteiger partial charge in [-0.05, 0) is 31.6 Å². The fraction of sp³-hybridized carbons (Fsp3) is 1.00. The Morgan fingerprint density at radius 3 is 2.36 bits per heavy atom. The maximum Gasteiger partial charge on any atom is 0.0128 e. The SMILES string of the molecule is NC(CC[C@H](N)CS)C1CC1. The lowest BCUT2D eigenvalue weighted by atomic mass is 10.0. The maximum absolute atomic E-state index is 5.90. The van der Waals surface area contributed by atoms with Crippen LogP contribution in [0.25, 0.3) is 0 Å². The number of hydrogen-bond donors (Lipinski definition) is 3. The molecular formula is C8H18N2S. The van der Waals surface area contributed by atoms with Gasteiger partial charge in [-0.25, -0.2) is 0 Å². The number of nitrogens with two attached hydrogens (primary N) is 2. The second-order valence-corrected chi connectivity index (χ2v) is 3.89. The highest BCUT2D eigenvalue weighted by atomic mass is 32.1. The molecule has 0 radical (unpaired) electrons. The Morgan fingerprint density at radius 1 is 1.27 bits per heavy atom. The summed E-state index contributed by atoms with van der Waals surface area (Å²) in [6.45, 7) is 0. The molecule has 0 aromatic carbocycles. The van der Waals surface area contributed by atoms with Gasteiger partial charge in [-0.15, -0.1) is 0 Å². The topological polar surface area (TPSA) is 52.0 Å². The summed E-state index contributed by atoms with van der Waals surface area (Å²) in [5.41, 5.74) is 11.6. The molecule has 0 spiro atoms. The highest BCUT2D eigenvalue weighted by Crippen LogP contribution is 2.33. The van der Waals surface area contributed by atoms with Crippen LogP contribution >= 0.6 is 12.6 Å². The van der Waals surface area contributed by atoms with E-state index in [1.807, 2.05) is 0 Å². The first kappa shape index (κ1) is 9.36. The lowest BCUT2D eigenvalue weighted by Gasteiger charge is -2.12. The van der Waals surface area contributed by atoms with Crippen LogP contribution in [0.2, 0.25) is 0 Å². The molecule has 2 atom stereocenters. The van der Waals surface area contributed by atoms with Crippen molar-refractivity contribution in [1.29, 1.82) is 0 Å². The Labute approximate surface area is 74.1 Å². The monoisotopic (exact) mass is 174 g/mol. The Hall–Kier alpha value is 0.270. The third-order valence-electron chi connectivity index (χ3n) is 2.33. The summed E-state index contributed by atoms with van der Waals surface area (Å²) >= 11 is 4.12. The molecule has 0 aromatic heterocycles. The van der Waals surface area contributed by atoms with Crippen LogP contribution in [0.15, 0.2) is 0 Å². The Kier molecular flexibility index (Phi) is 3.69. The zero-order valence-electron chi connectivity index (χ0n) is 6.87. The molecule has 66 valence electrons. The zero-order chi connectivity index (χ0) is 8.27. The van der Waals surface area contributed by atoms with Crippen molar-refractivity contribution in [2.45, 2.75) is 37.8 Å². The molecule has 1 aliphatic carbocycles. The summed E-state index contributed by atoms with van der Waals surface area (Å²) in [4.78, 5) is 0. The molecule has 0 bridgehead atoms. The minimum Gasteiger partial charge on any atom is -0.327 e. The van der Waals surface area contributed by atoms with Gasteiger partial charge in [0.25, 0.3) is 0 Å². The van der Waals surface area contributed by atoms with Crippen molar-refractivity contribution < 1.29 is 0 Å². The van der Waals surface area contributed by atoms with E-state index in [-0.39, 0.29) is 6.04 Å². The normalized spacial score (nSPS) is 23.2. The molecule has 0 aliphatic heterocycles. The predicted octanol–water partition coefficient (Wildman–Crippen LogP) is 0.761. The minimum atomic E-state index is 0.239. The molecule has 4 N–H and O–H groups in total. The third kappa shape index (κ3) is 3.45. The van der Waals surface area contributed by atoms with Crippen LogP contribution < -0.4 is 11.5 Å². The van der Waals surface area contributed by atoms with Gasteiger partial charge in [-0.3, -0.25) is 0 Å². The lowest BCUT2D eigenvalue weighted by molar-refractivity contribution is 0.501. The second-order valence-electron chi connectivity index (χ2n) is 3.52. The van der Waals surface area contributed by atoms with Gasteiger partial charge in [0.2, 0.25) is 0 Å². The zero-order valence-corrected chi connectivity index (χ0v) is 7.76. The van der Waals surface area contributed by atoms with Gasteiger partial charge >= 0.3 is 0 Å². The van der Waals surface area contributed by atoms with Crippen molar-refractivity contribution in [3.63, 3.8) is 0 Å². The molecule has 1 saturated carbocycles. The van der Waals surface area contributed by atoms with Crippen LogP contribution in [-0.4, -0.2) is 17.8 Å². The van der Waals surface area contributed by atoms with Crippen LogP contribution in [0, 0.1) is 5.92 Å². The number of hydrogen-bond acceptors (Lipinski definition) is 3. The smallest absolute Gasteiger partial charge is 0.0128 e. The minimum absolute atomic E-state index is 0.239. The molecule has 0 aromatic rings. The maximum atomic E-state index is 5.90. The number of rotatable bonds is 5. The fourth-order valence-electron chi connectivity index (χ4n) is 1.26. The van der Waals surface area contributed by atoms with Crippen molar-refractivity contribution in [2.75, 3.05) is 5.75 Å². The van der Waals surface area contributed by atoms with E-state index in [0.29, 0.717) is 6.04 Å². The van der Waals surface area contributed by atoms with Crippen molar-refractivity contribution in [1.82, 2.24) is 0 Å². The van der Waals surface area contributed by atoms with Gasteiger partial charge in [0, 0.05) is 17.8 Å². The van der Waals surface area contributed by atoms with Gasteiger partial charge in [-0.1, -0.05) is 0 Å². The molecule has 1 aliphatic rings. The van der Waals surface area contributed by atoms with Crippen LogP contribution in [0.1, 0.15) is 25.7 Å². The van der Waals surface area contributed by atoms with E-state index in [1.54, 1.807) is 0 Å². The van der Waals surface area contributed by atoms with Crippen LogP contribution in [0.3, 0.4) is 0 Å². The fourth-order valence-corrected chi connectivity index (χ4v) is 1.44. The van der Waals surface area contributed by atoms with E-state index in [4.69, 9.17) is 11.5 Å². The van der Waals surface area contributed by atoms with Crippen LogP contribution in [0.5, 0.6) is 0 Å². The summed E-state index contributed by atoms with van der Waals surface area (Å²) < 4.78 is 0. The van der Waals surface area contributed by atoms with Gasteiger partial charge in [0.1, 0.15) is 0 Å². The highest BCUT2D eigenvalue weighted by molar-refractivity contribution is 7.80. The first-order valence-electron chi connectivity index (χ1n) is 4.36. The molecule has 1 unspecified atom stereocenters. The largest absolute Gasteiger partial charge is 0.327 e. The molecule has 0 heterocycles. The van der Waals surface area contributed by atoms with Crippen molar-refractivity contribution >= 4 is 12.6 Å². The average Bonchev–Trinajstić information content (AvgIpc) is 2.81. The summed E-state index contributed by atoms with van der Waals surface area (Å²) in [6.07, 6.45) is 4.77. The van der Waals surface area contributed by atoms with Gasteiger partial charge < -0.3 is 11.5 Å². The van der Waals surface area contributed by atoms with Crippen molar-refractivity contribution in [2.24, 2.45) is 17.4 Å². The van der Waals surface area contributed by atoms with Crippen LogP contribution in [0.4, 0.5) is 0 Å². The van der Waals surface area contributed by atoms with Gasteiger partial charge in [0.05, 0.1) is 0 Å². The average molecular weight is 174 g/mol. The van der Waals surface area contributed by atoms with Crippen molar-refractivity contribution in [3.8, 4) is 0 Å². The van der Waals surface area contributed by atoms with E-state index < -0.39 is 0 Å². The van der Waals surface area contributed by atoms with E-state index in [1.165, 1.54) is 12.8 Å². The standard InChI is InChI=1S/C8H18N2S/c9-7(5-11)3-4-8(10)6-1-2-6/h6-8,11H,1-5,9-10H2/t7-,8?/m0/s1. The lowest BCUT2D eigenvalue weighted by Crippen LogP contribution is -2.28. The van der Waals surface area contributed by atoms with E-state index in [2.05, 4.69) is 12.6 Å². The number of thiol groups is 1. The summed E-state index contributed by atoms with van der Waals surface area (Å²) in [6, 6.07) is 0.643. The molecule has 1 fully saturated rings. The highest BCUT2D eigenvalue weighted by Gasteiger charge is 2.28. The van der Waals surface area contributed by atoms with Gasteiger partial charge in [-0.2, -0.15) is 12.6 Å². The Morgan fingerprint density at radius 2 is 1.91 bits per heavy atom. The molecule has 0 amide bonds. The van der Waals surface area contributed by atoms with E-state index in [9.17, 15) is 0 Å². The van der Waals surface area contributed by atoms with E-state index in [0.717, 1.165) is 24.5 Å². The summed E-state index contributed by atoms with van der Waals surface area (Å²) in [5.74, 6) is 1.58. The molecule has 3 heteroatoms. The first-order chi connectivity index (χ1) is 5.24. The van der Waals surface area contributed by atoms with E-state index >= 15 is 0 Å². The van der Waals surface area contributed by atoms with Crippen molar-refractivity contribution in [3.05, 3.63) is 0 Å². The molecular weight excluding hydrogens is 156 g/mol.